The van der Waals surface area contributed by atoms with E-state index in [1.807, 2.05) is 12.3 Å². The number of hydrogen-bond donors (Lipinski definition) is 1. The molecule has 0 bridgehead atoms. The molecule has 8 heavy (non-hydrogen) atoms. The van der Waals surface area contributed by atoms with Crippen molar-refractivity contribution in [3.8, 4) is 0 Å². The van der Waals surface area contributed by atoms with Crippen molar-refractivity contribution in [3.63, 3.8) is 0 Å². The average molecular weight is 194 g/mol. The summed E-state index contributed by atoms with van der Waals surface area (Å²) in [7, 11) is 0. The average Bonchev–Trinajstić information content (AvgIpc) is 2.14. The number of alkyl halides is 1. The number of rotatable bonds is 1. The highest BCUT2D eigenvalue weighted by Crippen LogP contribution is 2.11. The fourth-order valence-electron chi connectivity index (χ4n) is 0.489. The van der Waals surface area contributed by atoms with Gasteiger partial charge >= 0.3 is 0 Å². The van der Waals surface area contributed by atoms with Crippen molar-refractivity contribution in [1.29, 1.82) is 0 Å². The highest BCUT2D eigenvalue weighted by Gasteiger charge is 1.90. The van der Waals surface area contributed by atoms with Crippen molar-refractivity contribution in [3.05, 3.63) is 22.4 Å². The van der Waals surface area contributed by atoms with E-state index in [-0.39, 0.29) is 0 Å². The van der Waals surface area contributed by atoms with Gasteiger partial charge in [-0.1, -0.05) is 0 Å². The van der Waals surface area contributed by atoms with E-state index in [4.69, 9.17) is 11.6 Å². The molecule has 44 valence electrons. The van der Waals surface area contributed by atoms with Crippen LogP contribution in [0.15, 0.2) is 16.7 Å². The summed E-state index contributed by atoms with van der Waals surface area (Å²) >= 11 is 8.77. The molecule has 1 nitrogen and oxygen atoms in total. The topological polar surface area (TPSA) is 15.8 Å². The van der Waals surface area contributed by atoms with E-state index in [0.29, 0.717) is 5.88 Å². The van der Waals surface area contributed by atoms with Gasteiger partial charge in [-0.05, 0) is 22.0 Å². The molecule has 0 unspecified atom stereocenters. The minimum Gasteiger partial charge on any atom is -0.363 e. The van der Waals surface area contributed by atoms with Gasteiger partial charge in [-0.25, -0.2) is 0 Å². The second-order valence-electron chi connectivity index (χ2n) is 1.48. The molecule has 1 heterocycles. The van der Waals surface area contributed by atoms with Crippen molar-refractivity contribution < 1.29 is 0 Å². The van der Waals surface area contributed by atoms with Crippen molar-refractivity contribution in [1.82, 2.24) is 4.98 Å². The Bertz CT molecular complexity index is 173. The van der Waals surface area contributed by atoms with Gasteiger partial charge in [0.15, 0.2) is 0 Å². The van der Waals surface area contributed by atoms with Gasteiger partial charge in [-0.2, -0.15) is 0 Å². The molecule has 0 radical (unpaired) electrons. The molecule has 0 aliphatic heterocycles. The van der Waals surface area contributed by atoms with Crippen LogP contribution in [0.3, 0.4) is 0 Å². The zero-order valence-corrected chi connectivity index (χ0v) is 6.46. The van der Waals surface area contributed by atoms with Crippen LogP contribution in [0.5, 0.6) is 0 Å². The smallest absolute Gasteiger partial charge is 0.0625 e. The number of hydrogen-bond acceptors (Lipinski definition) is 0. The molecule has 0 aliphatic carbocycles. The summed E-state index contributed by atoms with van der Waals surface area (Å²) in [6.07, 6.45) is 1.86. The number of aromatic nitrogens is 1. The van der Waals surface area contributed by atoms with Crippen LogP contribution in [-0.4, -0.2) is 4.98 Å². The zero-order valence-electron chi connectivity index (χ0n) is 4.12. The molecule has 0 aromatic carbocycles. The lowest BCUT2D eigenvalue weighted by Crippen LogP contribution is -1.70. The van der Waals surface area contributed by atoms with E-state index in [1.54, 1.807) is 0 Å². The largest absolute Gasteiger partial charge is 0.363 e. The summed E-state index contributed by atoms with van der Waals surface area (Å²) in [5, 5.41) is 0. The third kappa shape index (κ3) is 1.26. The fraction of sp³-hybridized carbons (Fsp3) is 0.200. The van der Waals surface area contributed by atoms with Gasteiger partial charge in [0.1, 0.15) is 0 Å². The fourth-order valence-corrected chi connectivity index (χ4v) is 1.03. The molecule has 0 saturated carbocycles. The number of halogens is 2. The van der Waals surface area contributed by atoms with E-state index in [9.17, 15) is 0 Å². The first kappa shape index (κ1) is 6.17. The van der Waals surface area contributed by atoms with Gasteiger partial charge in [0.05, 0.1) is 5.88 Å². The maximum atomic E-state index is 5.49. The van der Waals surface area contributed by atoms with Crippen molar-refractivity contribution in [2.45, 2.75) is 5.88 Å². The van der Waals surface area contributed by atoms with Crippen LogP contribution in [0.25, 0.3) is 0 Å². The zero-order chi connectivity index (χ0) is 5.98. The third-order valence-electron chi connectivity index (χ3n) is 0.852. The Hall–Kier alpha value is 0.0500. The van der Waals surface area contributed by atoms with E-state index in [2.05, 4.69) is 20.9 Å². The predicted octanol–water partition coefficient (Wildman–Crippen LogP) is 2.52. The summed E-state index contributed by atoms with van der Waals surface area (Å²) in [6.45, 7) is 0. The van der Waals surface area contributed by atoms with Crippen LogP contribution >= 0.6 is 27.5 Å². The van der Waals surface area contributed by atoms with Crippen LogP contribution in [-0.2, 0) is 5.88 Å². The molecule has 1 aromatic heterocycles. The molecule has 0 fully saturated rings. The van der Waals surface area contributed by atoms with E-state index < -0.39 is 0 Å². The van der Waals surface area contributed by atoms with Gasteiger partial charge in [-0.15, -0.1) is 11.6 Å². The van der Waals surface area contributed by atoms with Gasteiger partial charge < -0.3 is 4.98 Å². The minimum absolute atomic E-state index is 0.547. The second kappa shape index (κ2) is 2.55. The van der Waals surface area contributed by atoms with Crippen LogP contribution in [0.1, 0.15) is 5.69 Å². The third-order valence-corrected chi connectivity index (χ3v) is 1.60. The van der Waals surface area contributed by atoms with Crippen LogP contribution in [0.2, 0.25) is 0 Å². The standard InChI is InChI=1S/C5H5BrClN/c6-4-1-5(2-7)8-3-4/h1,3,8H,2H2. The van der Waals surface area contributed by atoms with Crippen molar-refractivity contribution in [2.75, 3.05) is 0 Å². The van der Waals surface area contributed by atoms with Gasteiger partial charge in [-0.3, -0.25) is 0 Å². The maximum absolute atomic E-state index is 5.49. The SMILES string of the molecule is ClCc1cc(Br)c[nH]1. The summed E-state index contributed by atoms with van der Waals surface area (Å²) in [5.41, 5.74) is 1.04. The van der Waals surface area contributed by atoms with E-state index >= 15 is 0 Å². The summed E-state index contributed by atoms with van der Waals surface area (Å²) in [5.74, 6) is 0.547. The molecule has 0 spiro atoms. The van der Waals surface area contributed by atoms with E-state index in [1.165, 1.54) is 0 Å². The Kier molecular flexibility index (Phi) is 1.97. The molecule has 1 N–H and O–H groups in total. The lowest BCUT2D eigenvalue weighted by molar-refractivity contribution is 1.23. The van der Waals surface area contributed by atoms with Crippen molar-refractivity contribution >= 4 is 27.5 Å². The lowest BCUT2D eigenvalue weighted by Gasteiger charge is -1.79. The van der Waals surface area contributed by atoms with Gasteiger partial charge in [0.2, 0.25) is 0 Å². The summed E-state index contributed by atoms with van der Waals surface area (Å²) in [4.78, 5) is 2.98. The Labute approximate surface area is 61.2 Å². The molecular formula is C5H5BrClN. The highest BCUT2D eigenvalue weighted by atomic mass is 79.9. The molecule has 0 amide bonds. The molecule has 0 saturated heterocycles. The molecule has 0 aliphatic rings. The maximum Gasteiger partial charge on any atom is 0.0625 e. The predicted molar refractivity (Wildman–Crippen MR) is 38.0 cm³/mol. The Morgan fingerprint density at radius 1 is 1.75 bits per heavy atom. The molecule has 3 heteroatoms. The Balaban J connectivity index is 2.84. The van der Waals surface area contributed by atoms with Gasteiger partial charge in [0.25, 0.3) is 0 Å². The van der Waals surface area contributed by atoms with Crippen molar-refractivity contribution in [2.24, 2.45) is 0 Å². The first-order valence-electron chi connectivity index (χ1n) is 2.21. The lowest BCUT2D eigenvalue weighted by atomic mass is 10.5. The van der Waals surface area contributed by atoms with Gasteiger partial charge in [0, 0.05) is 16.4 Å². The summed E-state index contributed by atoms with van der Waals surface area (Å²) < 4.78 is 1.05. The van der Waals surface area contributed by atoms with Crippen LogP contribution < -0.4 is 0 Å². The molecular weight excluding hydrogens is 189 g/mol. The number of nitrogens with one attached hydrogen (secondary N) is 1. The van der Waals surface area contributed by atoms with E-state index in [0.717, 1.165) is 10.2 Å². The molecule has 0 atom stereocenters. The first-order valence-corrected chi connectivity index (χ1v) is 3.54. The quantitative estimate of drug-likeness (QED) is 0.661. The Morgan fingerprint density at radius 3 is 2.75 bits per heavy atom. The number of H-pyrrole nitrogens is 1. The minimum atomic E-state index is 0.547. The highest BCUT2D eigenvalue weighted by molar-refractivity contribution is 9.10. The second-order valence-corrected chi connectivity index (χ2v) is 2.66. The monoisotopic (exact) mass is 193 g/mol. The molecule has 1 rings (SSSR count). The normalized spacial score (nSPS) is 9.75. The summed E-state index contributed by atoms with van der Waals surface area (Å²) in [6, 6.07) is 1.95. The van der Waals surface area contributed by atoms with Crippen LogP contribution in [0.4, 0.5) is 0 Å². The molecule has 1 aromatic rings. The number of aromatic amines is 1. The van der Waals surface area contributed by atoms with Crippen LogP contribution in [0, 0.1) is 0 Å². The Morgan fingerprint density at radius 2 is 2.50 bits per heavy atom. The first-order chi connectivity index (χ1) is 3.83.